The Morgan fingerprint density at radius 3 is 3.00 bits per heavy atom. The minimum absolute atomic E-state index is 0.123. The first-order chi connectivity index (χ1) is 5.72. The quantitative estimate of drug-likeness (QED) is 0.636. The van der Waals surface area contributed by atoms with Gasteiger partial charge >= 0.3 is 0 Å². The fourth-order valence-electron chi connectivity index (χ4n) is 0.938. The summed E-state index contributed by atoms with van der Waals surface area (Å²) in [6.07, 6.45) is 2.10. The zero-order valence-corrected chi connectivity index (χ0v) is 7.24. The molecule has 0 amide bonds. The number of nitrogens with zero attached hydrogens (tertiary/aromatic N) is 3. The molecule has 0 aliphatic rings. The molecule has 0 atom stereocenters. The van der Waals surface area contributed by atoms with Gasteiger partial charge in [0.15, 0.2) is 5.78 Å². The maximum Gasteiger partial charge on any atom is 0.152 e. The Bertz CT molecular complexity index is 268. The first-order valence-corrected chi connectivity index (χ1v) is 3.74. The van der Waals surface area contributed by atoms with Crippen molar-refractivity contribution in [1.29, 1.82) is 0 Å². The molecule has 0 radical (unpaired) electrons. The summed E-state index contributed by atoms with van der Waals surface area (Å²) in [5.74, 6) is 0.123. The smallest absolute Gasteiger partial charge is 0.152 e. The topological polar surface area (TPSA) is 59.8 Å². The molecule has 1 rings (SSSR count). The van der Waals surface area contributed by atoms with Crippen molar-refractivity contribution >= 4 is 5.78 Å². The highest BCUT2D eigenvalue weighted by Crippen LogP contribution is 1.92. The zero-order chi connectivity index (χ0) is 8.97. The molecule has 5 nitrogen and oxygen atoms in total. The molecule has 0 fully saturated rings. The third-order valence-corrected chi connectivity index (χ3v) is 1.40. The average molecular weight is 168 g/mol. The van der Waals surface area contributed by atoms with E-state index in [1.807, 2.05) is 0 Å². The van der Waals surface area contributed by atoms with Crippen LogP contribution in [0.4, 0.5) is 0 Å². The van der Waals surface area contributed by atoms with Crippen LogP contribution in [-0.4, -0.2) is 34.4 Å². The number of rotatable bonds is 4. The highest BCUT2D eigenvalue weighted by molar-refractivity contribution is 5.82. The van der Waals surface area contributed by atoms with Gasteiger partial charge in [-0.3, -0.25) is 9.48 Å². The molecule has 0 saturated heterocycles. The minimum atomic E-state index is 0.123. The molecule has 66 valence electrons. The van der Waals surface area contributed by atoms with Crippen molar-refractivity contribution < 1.29 is 4.79 Å². The average Bonchev–Trinajstić information content (AvgIpc) is 2.36. The van der Waals surface area contributed by atoms with E-state index in [4.69, 9.17) is 0 Å². The molecule has 0 aromatic carbocycles. The monoisotopic (exact) mass is 168 g/mol. The Morgan fingerprint density at radius 1 is 1.75 bits per heavy atom. The van der Waals surface area contributed by atoms with Crippen LogP contribution in [0.3, 0.4) is 0 Å². The first-order valence-electron chi connectivity index (χ1n) is 3.74. The van der Waals surface area contributed by atoms with Crippen molar-refractivity contribution in [2.24, 2.45) is 7.05 Å². The van der Waals surface area contributed by atoms with Crippen LogP contribution in [0.2, 0.25) is 0 Å². The normalized spacial score (nSPS) is 10.2. The maximum absolute atomic E-state index is 11.1. The molecule has 1 aromatic rings. The Labute approximate surface area is 70.8 Å². The summed E-state index contributed by atoms with van der Waals surface area (Å²) in [5.41, 5.74) is 0.720. The van der Waals surface area contributed by atoms with E-state index in [2.05, 4.69) is 15.6 Å². The Kier molecular flexibility index (Phi) is 2.93. The third kappa shape index (κ3) is 2.43. The molecule has 0 spiro atoms. The van der Waals surface area contributed by atoms with Crippen LogP contribution in [0.5, 0.6) is 0 Å². The Hall–Kier alpha value is -1.23. The number of likely N-dealkylation sites (N-methyl/N-ethyl adjacent to an activating group) is 1. The van der Waals surface area contributed by atoms with Crippen LogP contribution in [0, 0.1) is 0 Å². The molecule has 0 saturated carbocycles. The van der Waals surface area contributed by atoms with E-state index in [0.717, 1.165) is 5.69 Å². The molecule has 12 heavy (non-hydrogen) atoms. The summed E-state index contributed by atoms with van der Waals surface area (Å²) in [4.78, 5) is 11.1. The van der Waals surface area contributed by atoms with Crippen molar-refractivity contribution in [3.05, 3.63) is 11.9 Å². The van der Waals surface area contributed by atoms with E-state index in [1.165, 1.54) is 0 Å². The predicted octanol–water partition coefficient (Wildman–Crippen LogP) is -0.854. The van der Waals surface area contributed by atoms with Gasteiger partial charge in [0.1, 0.15) is 0 Å². The molecule has 0 bridgehead atoms. The van der Waals surface area contributed by atoms with E-state index in [-0.39, 0.29) is 5.78 Å². The summed E-state index contributed by atoms with van der Waals surface area (Å²) >= 11 is 0. The van der Waals surface area contributed by atoms with Gasteiger partial charge in [0.25, 0.3) is 0 Å². The number of aryl methyl sites for hydroxylation is 1. The van der Waals surface area contributed by atoms with Gasteiger partial charge in [-0.05, 0) is 7.05 Å². The van der Waals surface area contributed by atoms with E-state index < -0.39 is 0 Å². The molecule has 1 aromatic heterocycles. The van der Waals surface area contributed by atoms with Gasteiger partial charge in [-0.25, -0.2) is 0 Å². The summed E-state index contributed by atoms with van der Waals surface area (Å²) in [6, 6.07) is 0. The second-order valence-electron chi connectivity index (χ2n) is 2.63. The predicted molar refractivity (Wildman–Crippen MR) is 43.6 cm³/mol. The number of hydrogen-bond donors (Lipinski definition) is 1. The number of carbonyl (C=O) groups excluding carboxylic acids is 1. The molecule has 0 unspecified atom stereocenters. The van der Waals surface area contributed by atoms with Gasteiger partial charge in [-0.1, -0.05) is 5.21 Å². The lowest BCUT2D eigenvalue weighted by Crippen LogP contribution is -2.20. The zero-order valence-electron chi connectivity index (χ0n) is 7.24. The van der Waals surface area contributed by atoms with Gasteiger partial charge in [-0.15, -0.1) is 5.10 Å². The molecule has 1 heterocycles. The molecule has 5 heteroatoms. The summed E-state index contributed by atoms with van der Waals surface area (Å²) in [6.45, 7) is 0.385. The second kappa shape index (κ2) is 3.96. The van der Waals surface area contributed by atoms with Crippen molar-refractivity contribution in [3.8, 4) is 0 Å². The van der Waals surface area contributed by atoms with Crippen LogP contribution >= 0.6 is 0 Å². The maximum atomic E-state index is 11.1. The molecular formula is C7H12N4O. The number of nitrogens with one attached hydrogen (secondary N) is 1. The Morgan fingerprint density at radius 2 is 2.50 bits per heavy atom. The van der Waals surface area contributed by atoms with E-state index >= 15 is 0 Å². The lowest BCUT2D eigenvalue weighted by atomic mass is 10.2. The van der Waals surface area contributed by atoms with Crippen molar-refractivity contribution in [2.45, 2.75) is 6.42 Å². The highest BCUT2D eigenvalue weighted by atomic mass is 16.1. The van der Waals surface area contributed by atoms with Gasteiger partial charge in [0, 0.05) is 13.2 Å². The van der Waals surface area contributed by atoms with Gasteiger partial charge in [0.05, 0.1) is 18.7 Å². The second-order valence-corrected chi connectivity index (χ2v) is 2.63. The lowest BCUT2D eigenvalue weighted by Gasteiger charge is -1.94. The molecule has 0 aliphatic heterocycles. The fourth-order valence-corrected chi connectivity index (χ4v) is 0.938. The van der Waals surface area contributed by atoms with Crippen LogP contribution in [0.15, 0.2) is 6.20 Å². The van der Waals surface area contributed by atoms with E-state index in [1.54, 1.807) is 25.0 Å². The van der Waals surface area contributed by atoms with Crippen LogP contribution in [-0.2, 0) is 18.3 Å². The first kappa shape index (κ1) is 8.86. The Balaban J connectivity index is 2.46. The number of hydrogen-bond acceptors (Lipinski definition) is 4. The lowest BCUT2D eigenvalue weighted by molar-refractivity contribution is -0.117. The van der Waals surface area contributed by atoms with Crippen LogP contribution in [0.1, 0.15) is 5.69 Å². The van der Waals surface area contributed by atoms with E-state index in [0.29, 0.717) is 13.0 Å². The minimum Gasteiger partial charge on any atom is -0.313 e. The third-order valence-electron chi connectivity index (χ3n) is 1.40. The number of ketones is 1. The summed E-state index contributed by atoms with van der Waals surface area (Å²) < 4.78 is 1.59. The van der Waals surface area contributed by atoms with Gasteiger partial charge in [0.2, 0.25) is 0 Å². The summed E-state index contributed by atoms with van der Waals surface area (Å²) in [7, 11) is 3.52. The summed E-state index contributed by atoms with van der Waals surface area (Å²) in [5, 5.41) is 10.3. The standard InChI is InChI=1S/C7H12N4O/c1-8-4-7(12)3-6-5-11(2)10-9-6/h5,8H,3-4H2,1-2H3. The van der Waals surface area contributed by atoms with E-state index in [9.17, 15) is 4.79 Å². The molecular weight excluding hydrogens is 156 g/mol. The van der Waals surface area contributed by atoms with Crippen LogP contribution < -0.4 is 5.32 Å². The molecule has 0 aliphatic carbocycles. The van der Waals surface area contributed by atoms with Crippen molar-refractivity contribution in [1.82, 2.24) is 20.3 Å². The van der Waals surface area contributed by atoms with Crippen molar-refractivity contribution in [2.75, 3.05) is 13.6 Å². The van der Waals surface area contributed by atoms with Gasteiger partial charge < -0.3 is 5.32 Å². The molecule has 1 N–H and O–H groups in total. The number of carbonyl (C=O) groups is 1. The SMILES string of the molecule is CNCC(=O)Cc1cn(C)nn1. The van der Waals surface area contributed by atoms with Gasteiger partial charge in [-0.2, -0.15) is 0 Å². The fraction of sp³-hybridized carbons (Fsp3) is 0.571. The highest BCUT2D eigenvalue weighted by Gasteiger charge is 2.04. The number of aromatic nitrogens is 3. The van der Waals surface area contributed by atoms with Crippen LogP contribution in [0.25, 0.3) is 0 Å². The van der Waals surface area contributed by atoms with Crippen molar-refractivity contribution in [3.63, 3.8) is 0 Å². The largest absolute Gasteiger partial charge is 0.313 e. The number of Topliss-reactive ketones (excluding diaryl/α,β-unsaturated/α-hetero) is 1.